The van der Waals surface area contributed by atoms with Gasteiger partial charge in [-0.05, 0) is 36.5 Å². The highest BCUT2D eigenvalue weighted by Gasteiger charge is 2.00. The third-order valence-electron chi connectivity index (χ3n) is 2.87. The minimum Gasteiger partial charge on any atom is -0.373 e. The SMILES string of the molecule is CN(CCNC(=S)Nc1ccncc1)c1ccccc1. The Labute approximate surface area is 124 Å². The van der Waals surface area contributed by atoms with Crippen molar-refractivity contribution >= 4 is 28.7 Å². The molecule has 0 saturated carbocycles. The summed E-state index contributed by atoms with van der Waals surface area (Å²) in [6.45, 7) is 1.66. The van der Waals surface area contributed by atoms with Gasteiger partial charge in [0.1, 0.15) is 0 Å². The normalized spacial score (nSPS) is 9.85. The van der Waals surface area contributed by atoms with E-state index in [-0.39, 0.29) is 0 Å². The van der Waals surface area contributed by atoms with Crippen molar-refractivity contribution in [3.05, 3.63) is 54.9 Å². The molecule has 1 heterocycles. The van der Waals surface area contributed by atoms with Gasteiger partial charge < -0.3 is 15.5 Å². The van der Waals surface area contributed by atoms with Crippen LogP contribution in [0, 0.1) is 0 Å². The number of pyridine rings is 1. The second-order valence-corrected chi connectivity index (χ2v) is 4.78. The number of para-hydroxylation sites is 1. The van der Waals surface area contributed by atoms with Crippen LogP contribution in [0.15, 0.2) is 54.9 Å². The quantitative estimate of drug-likeness (QED) is 0.827. The van der Waals surface area contributed by atoms with E-state index in [1.54, 1.807) is 12.4 Å². The van der Waals surface area contributed by atoms with Crippen LogP contribution in [-0.2, 0) is 0 Å². The zero-order valence-electron chi connectivity index (χ0n) is 11.4. The summed E-state index contributed by atoms with van der Waals surface area (Å²) in [6, 6.07) is 14.0. The summed E-state index contributed by atoms with van der Waals surface area (Å²) in [4.78, 5) is 6.14. The molecule has 0 radical (unpaired) electrons. The lowest BCUT2D eigenvalue weighted by Crippen LogP contribution is -2.35. The van der Waals surface area contributed by atoms with Crippen molar-refractivity contribution < 1.29 is 0 Å². The molecule has 2 aromatic rings. The molecule has 0 atom stereocenters. The van der Waals surface area contributed by atoms with Crippen molar-refractivity contribution in [3.8, 4) is 0 Å². The van der Waals surface area contributed by atoms with Crippen molar-refractivity contribution in [2.24, 2.45) is 0 Å². The molecule has 0 unspecified atom stereocenters. The number of hydrogen-bond donors (Lipinski definition) is 2. The first kappa shape index (κ1) is 14.3. The third kappa shape index (κ3) is 4.51. The number of rotatable bonds is 5. The van der Waals surface area contributed by atoms with Crippen LogP contribution < -0.4 is 15.5 Å². The van der Waals surface area contributed by atoms with Crippen LogP contribution in [0.25, 0.3) is 0 Å². The van der Waals surface area contributed by atoms with E-state index in [9.17, 15) is 0 Å². The molecular weight excluding hydrogens is 268 g/mol. The predicted octanol–water partition coefficient (Wildman–Crippen LogP) is 2.50. The minimum atomic E-state index is 0.623. The van der Waals surface area contributed by atoms with Crippen LogP contribution in [0.1, 0.15) is 0 Å². The summed E-state index contributed by atoms with van der Waals surface area (Å²) in [5.74, 6) is 0. The van der Waals surface area contributed by atoms with Gasteiger partial charge in [0.05, 0.1) is 0 Å². The Morgan fingerprint density at radius 3 is 2.55 bits per heavy atom. The third-order valence-corrected chi connectivity index (χ3v) is 3.11. The van der Waals surface area contributed by atoms with E-state index in [2.05, 4.69) is 39.7 Å². The van der Waals surface area contributed by atoms with Gasteiger partial charge in [0.2, 0.25) is 0 Å². The van der Waals surface area contributed by atoms with Crippen LogP contribution in [0.4, 0.5) is 11.4 Å². The summed E-state index contributed by atoms with van der Waals surface area (Å²) in [5.41, 5.74) is 2.14. The summed E-state index contributed by atoms with van der Waals surface area (Å²) in [5, 5.41) is 6.93. The lowest BCUT2D eigenvalue weighted by Gasteiger charge is -2.20. The Bertz CT molecular complexity index is 530. The summed E-state index contributed by atoms with van der Waals surface area (Å²) >= 11 is 5.24. The molecule has 0 fully saturated rings. The first-order chi connectivity index (χ1) is 9.75. The van der Waals surface area contributed by atoms with Crippen LogP contribution in [0.2, 0.25) is 0 Å². The van der Waals surface area contributed by atoms with Crippen LogP contribution in [0.3, 0.4) is 0 Å². The van der Waals surface area contributed by atoms with Crippen LogP contribution >= 0.6 is 12.2 Å². The standard InChI is InChI=1S/C15H18N4S/c1-19(14-5-3-2-4-6-14)12-11-17-15(20)18-13-7-9-16-10-8-13/h2-10H,11-12H2,1H3,(H2,16,17,18,20). The number of thiocarbonyl (C=S) groups is 1. The number of hydrogen-bond acceptors (Lipinski definition) is 3. The van der Waals surface area contributed by atoms with Crippen LogP contribution in [0.5, 0.6) is 0 Å². The highest BCUT2D eigenvalue weighted by molar-refractivity contribution is 7.80. The fourth-order valence-electron chi connectivity index (χ4n) is 1.76. The maximum Gasteiger partial charge on any atom is 0.170 e. The molecule has 2 N–H and O–H groups in total. The molecule has 1 aromatic carbocycles. The highest BCUT2D eigenvalue weighted by atomic mass is 32.1. The number of anilines is 2. The average Bonchev–Trinajstić information content (AvgIpc) is 2.49. The smallest absolute Gasteiger partial charge is 0.170 e. The van der Waals surface area contributed by atoms with E-state index < -0.39 is 0 Å². The van der Waals surface area contributed by atoms with Crippen molar-refractivity contribution in [1.29, 1.82) is 0 Å². The van der Waals surface area contributed by atoms with Gasteiger partial charge in [0.15, 0.2) is 5.11 Å². The molecule has 5 heteroatoms. The molecule has 104 valence electrons. The molecular formula is C15H18N4S. The fraction of sp³-hybridized carbons (Fsp3) is 0.200. The minimum absolute atomic E-state index is 0.623. The Morgan fingerprint density at radius 2 is 1.85 bits per heavy atom. The second-order valence-electron chi connectivity index (χ2n) is 4.37. The van der Waals surface area contributed by atoms with Gasteiger partial charge in [-0.1, -0.05) is 18.2 Å². The number of aromatic nitrogens is 1. The second kappa shape index (κ2) is 7.45. The summed E-state index contributed by atoms with van der Waals surface area (Å²) in [7, 11) is 2.07. The van der Waals surface area contributed by atoms with Gasteiger partial charge in [-0.2, -0.15) is 0 Å². The summed E-state index contributed by atoms with van der Waals surface area (Å²) < 4.78 is 0. The molecule has 0 amide bonds. The van der Waals surface area contributed by atoms with Crippen molar-refractivity contribution in [2.45, 2.75) is 0 Å². The molecule has 0 spiro atoms. The van der Waals surface area contributed by atoms with Crippen molar-refractivity contribution in [3.63, 3.8) is 0 Å². The van der Waals surface area contributed by atoms with Gasteiger partial charge in [0.25, 0.3) is 0 Å². The number of benzene rings is 1. The predicted molar refractivity (Wildman–Crippen MR) is 88.2 cm³/mol. The zero-order valence-corrected chi connectivity index (χ0v) is 12.2. The zero-order chi connectivity index (χ0) is 14.2. The van der Waals surface area contributed by atoms with Crippen LogP contribution in [-0.4, -0.2) is 30.2 Å². The Hall–Kier alpha value is -2.14. The Kier molecular flexibility index (Phi) is 5.32. The molecule has 4 nitrogen and oxygen atoms in total. The van der Waals surface area contributed by atoms with E-state index >= 15 is 0 Å². The number of likely N-dealkylation sites (N-methyl/N-ethyl adjacent to an activating group) is 1. The van der Waals surface area contributed by atoms with Gasteiger partial charge in [0, 0.05) is 43.9 Å². The van der Waals surface area contributed by atoms with Gasteiger partial charge in [-0.3, -0.25) is 4.98 Å². The molecule has 1 aromatic heterocycles. The van der Waals surface area contributed by atoms with Gasteiger partial charge in [-0.25, -0.2) is 0 Å². The average molecular weight is 286 g/mol. The number of nitrogens with one attached hydrogen (secondary N) is 2. The Balaban J connectivity index is 1.72. The van der Waals surface area contributed by atoms with Crippen molar-refractivity contribution in [1.82, 2.24) is 10.3 Å². The van der Waals surface area contributed by atoms with Crippen molar-refractivity contribution in [2.75, 3.05) is 30.4 Å². The monoisotopic (exact) mass is 286 g/mol. The molecule has 0 aliphatic carbocycles. The van der Waals surface area contributed by atoms with E-state index in [0.29, 0.717) is 5.11 Å². The topological polar surface area (TPSA) is 40.2 Å². The van der Waals surface area contributed by atoms with E-state index in [1.165, 1.54) is 5.69 Å². The maximum atomic E-state index is 5.24. The van der Waals surface area contributed by atoms with E-state index in [0.717, 1.165) is 18.8 Å². The van der Waals surface area contributed by atoms with E-state index in [4.69, 9.17) is 12.2 Å². The Morgan fingerprint density at radius 1 is 1.15 bits per heavy atom. The maximum absolute atomic E-state index is 5.24. The molecule has 0 bridgehead atoms. The number of nitrogens with zero attached hydrogens (tertiary/aromatic N) is 2. The summed E-state index contributed by atoms with van der Waals surface area (Å²) in [6.07, 6.45) is 3.46. The molecule has 2 rings (SSSR count). The first-order valence-corrected chi connectivity index (χ1v) is 6.87. The lowest BCUT2D eigenvalue weighted by molar-refractivity contribution is 0.827. The largest absolute Gasteiger partial charge is 0.373 e. The molecule has 20 heavy (non-hydrogen) atoms. The first-order valence-electron chi connectivity index (χ1n) is 6.47. The molecule has 0 aliphatic rings. The highest BCUT2D eigenvalue weighted by Crippen LogP contribution is 2.09. The lowest BCUT2D eigenvalue weighted by atomic mass is 10.3. The van der Waals surface area contributed by atoms with Gasteiger partial charge in [-0.15, -0.1) is 0 Å². The molecule has 0 saturated heterocycles. The van der Waals surface area contributed by atoms with Gasteiger partial charge >= 0.3 is 0 Å². The molecule has 0 aliphatic heterocycles. The fourth-order valence-corrected chi connectivity index (χ4v) is 1.98. The van der Waals surface area contributed by atoms with E-state index in [1.807, 2.05) is 30.3 Å².